The highest BCUT2D eigenvalue weighted by molar-refractivity contribution is 5.76. The van der Waals surface area contributed by atoms with Crippen molar-refractivity contribution in [2.24, 2.45) is 0 Å². The van der Waals surface area contributed by atoms with Crippen molar-refractivity contribution in [3.63, 3.8) is 0 Å². The second-order valence-electron chi connectivity index (χ2n) is 25.0. The molecule has 0 saturated carbocycles. The predicted octanol–water partition coefficient (Wildman–Crippen LogP) is 19.6. The molecule has 0 spiro atoms. The van der Waals surface area contributed by atoms with Gasteiger partial charge >= 0.3 is 0 Å². The van der Waals surface area contributed by atoms with Crippen molar-refractivity contribution >= 4 is 5.91 Å². The van der Waals surface area contributed by atoms with Crippen LogP contribution in [0.5, 0.6) is 0 Å². The van der Waals surface area contributed by atoms with Gasteiger partial charge in [0.15, 0.2) is 6.29 Å². The van der Waals surface area contributed by atoms with E-state index in [-0.39, 0.29) is 12.5 Å². The van der Waals surface area contributed by atoms with Crippen LogP contribution in [0.3, 0.4) is 0 Å². The molecule has 1 aliphatic rings. The number of hydrogen-bond acceptors (Lipinski definition) is 8. The van der Waals surface area contributed by atoms with E-state index in [0.717, 1.165) is 44.9 Å². The fourth-order valence-electron chi connectivity index (χ4n) is 11.5. The lowest BCUT2D eigenvalue weighted by Crippen LogP contribution is -2.60. The molecule has 82 heavy (non-hydrogen) atoms. The molecule has 0 aromatic rings. The zero-order valence-corrected chi connectivity index (χ0v) is 54.0. The SMILES string of the molecule is CCCCCCCCCCCCCCCC/C=C/CC/C=C/C(O)C(COC1OC(CO)C(O)C(O)C1O)NC(=O)CCCCCCCCCCCCCCCCCCC/C=C\C/C=C\CCCCCCCCCCCCCCCCC. The second-order valence-corrected chi connectivity index (χ2v) is 25.0. The van der Waals surface area contributed by atoms with Crippen LogP contribution < -0.4 is 5.32 Å². The number of ether oxygens (including phenoxy) is 2. The molecule has 0 aliphatic carbocycles. The molecule has 9 nitrogen and oxygen atoms in total. The van der Waals surface area contributed by atoms with Gasteiger partial charge in [-0.3, -0.25) is 4.79 Å². The zero-order valence-electron chi connectivity index (χ0n) is 54.0. The first kappa shape index (κ1) is 78.2. The Morgan fingerprint density at radius 2 is 0.732 bits per heavy atom. The molecule has 1 aliphatic heterocycles. The first-order valence-corrected chi connectivity index (χ1v) is 35.9. The minimum atomic E-state index is -1.57. The van der Waals surface area contributed by atoms with Crippen molar-refractivity contribution in [3.05, 3.63) is 48.6 Å². The number of carbonyl (C=O) groups is 1. The van der Waals surface area contributed by atoms with E-state index in [9.17, 15) is 30.3 Å². The van der Waals surface area contributed by atoms with E-state index in [2.05, 4.69) is 55.6 Å². The van der Waals surface area contributed by atoms with Crippen LogP contribution in [0.1, 0.15) is 354 Å². The Hall–Kier alpha value is -1.85. The largest absolute Gasteiger partial charge is 0.394 e. The number of carbonyl (C=O) groups excluding carboxylic acids is 1. The van der Waals surface area contributed by atoms with E-state index >= 15 is 0 Å². The number of nitrogens with one attached hydrogen (secondary N) is 1. The summed E-state index contributed by atoms with van der Waals surface area (Å²) in [5, 5.41) is 54.7. The maximum Gasteiger partial charge on any atom is 0.220 e. The van der Waals surface area contributed by atoms with Crippen LogP contribution in [0.2, 0.25) is 0 Å². The summed E-state index contributed by atoms with van der Waals surface area (Å²) in [5.41, 5.74) is 0. The Balaban J connectivity index is 2.08. The summed E-state index contributed by atoms with van der Waals surface area (Å²) in [7, 11) is 0. The van der Waals surface area contributed by atoms with Gasteiger partial charge in [0.25, 0.3) is 0 Å². The minimum Gasteiger partial charge on any atom is -0.394 e. The molecule has 1 saturated heterocycles. The molecular formula is C73H137NO8. The van der Waals surface area contributed by atoms with Crippen molar-refractivity contribution < 1.29 is 39.8 Å². The quantitative estimate of drug-likeness (QED) is 0.0261. The van der Waals surface area contributed by atoms with E-state index in [4.69, 9.17) is 9.47 Å². The average molecular weight is 1160 g/mol. The first-order chi connectivity index (χ1) is 40.3. The van der Waals surface area contributed by atoms with Gasteiger partial charge in [0, 0.05) is 6.42 Å². The van der Waals surface area contributed by atoms with Crippen LogP contribution in [0, 0.1) is 0 Å². The van der Waals surface area contributed by atoms with Crippen molar-refractivity contribution in [3.8, 4) is 0 Å². The first-order valence-electron chi connectivity index (χ1n) is 35.9. The second kappa shape index (κ2) is 62.2. The van der Waals surface area contributed by atoms with E-state index in [0.29, 0.717) is 6.42 Å². The standard InChI is InChI=1S/C73H137NO8/c1-3-5-7-9-11-13-15-17-19-21-23-25-26-27-28-29-30-31-32-33-34-35-36-37-38-39-40-41-42-43-45-47-49-51-53-55-57-59-61-63-69(77)74-66(65-81-73-72(80)71(79)70(78)68(64-75)82-73)67(76)62-60-58-56-54-52-50-48-46-44-24-22-20-18-16-14-12-10-8-6-4-2/h30-31,33-34,52,54,60,62,66-68,70-73,75-76,78-80H,3-29,32,35-51,53,55-59,61,63-65H2,1-2H3,(H,74,77)/b31-30-,34-33-,54-52+,62-60+. The van der Waals surface area contributed by atoms with Crippen LogP contribution in [0.4, 0.5) is 0 Å². The van der Waals surface area contributed by atoms with E-state index in [1.54, 1.807) is 6.08 Å². The summed E-state index contributed by atoms with van der Waals surface area (Å²) in [6.07, 6.45) is 78.1. The Morgan fingerprint density at radius 3 is 1.10 bits per heavy atom. The van der Waals surface area contributed by atoms with Gasteiger partial charge in [0.2, 0.25) is 5.91 Å². The zero-order chi connectivity index (χ0) is 59.3. The predicted molar refractivity (Wildman–Crippen MR) is 350 cm³/mol. The highest BCUT2D eigenvalue weighted by Gasteiger charge is 2.44. The number of unbranched alkanes of at least 4 members (excludes halogenated alkanes) is 47. The lowest BCUT2D eigenvalue weighted by atomic mass is 9.99. The number of aliphatic hydroxyl groups is 5. The fraction of sp³-hybridized carbons (Fsp3) is 0.877. The Morgan fingerprint density at radius 1 is 0.415 bits per heavy atom. The van der Waals surface area contributed by atoms with Gasteiger partial charge in [0.1, 0.15) is 24.4 Å². The molecule has 0 aromatic carbocycles. The van der Waals surface area contributed by atoms with Gasteiger partial charge in [-0.15, -0.1) is 0 Å². The lowest BCUT2D eigenvalue weighted by Gasteiger charge is -2.40. The molecular weight excluding hydrogens is 1020 g/mol. The van der Waals surface area contributed by atoms with Crippen LogP contribution in [0.25, 0.3) is 0 Å². The molecule has 7 atom stereocenters. The Kier molecular flexibility index (Phi) is 59.3. The summed E-state index contributed by atoms with van der Waals surface area (Å²) in [6, 6.07) is -0.823. The maximum atomic E-state index is 13.1. The summed E-state index contributed by atoms with van der Waals surface area (Å²) in [6.45, 7) is 3.81. The average Bonchev–Trinajstić information content (AvgIpc) is 3.57. The molecule has 1 heterocycles. The van der Waals surface area contributed by atoms with Crippen molar-refractivity contribution in [1.29, 1.82) is 0 Å². The number of hydrogen-bond donors (Lipinski definition) is 6. The van der Waals surface area contributed by atoms with Gasteiger partial charge in [-0.25, -0.2) is 0 Å². The summed E-state index contributed by atoms with van der Waals surface area (Å²) in [5.74, 6) is -0.182. The molecule has 1 rings (SSSR count). The molecule has 6 N–H and O–H groups in total. The third-order valence-corrected chi connectivity index (χ3v) is 17.1. The van der Waals surface area contributed by atoms with E-state index < -0.39 is 49.5 Å². The smallest absolute Gasteiger partial charge is 0.220 e. The van der Waals surface area contributed by atoms with Crippen LogP contribution in [-0.2, 0) is 14.3 Å². The summed E-state index contributed by atoms with van der Waals surface area (Å²) < 4.78 is 11.3. The molecule has 9 heteroatoms. The third kappa shape index (κ3) is 50.3. The topological polar surface area (TPSA) is 149 Å². The highest BCUT2D eigenvalue weighted by Crippen LogP contribution is 2.23. The normalized spacial score (nSPS) is 18.5. The van der Waals surface area contributed by atoms with Gasteiger partial charge in [-0.05, 0) is 64.2 Å². The number of allylic oxidation sites excluding steroid dienone is 7. The van der Waals surface area contributed by atoms with Gasteiger partial charge in [0.05, 0.1) is 25.4 Å². The number of rotatable bonds is 63. The molecule has 0 aromatic heterocycles. The van der Waals surface area contributed by atoms with Crippen molar-refractivity contribution in [2.45, 2.75) is 397 Å². The molecule has 1 fully saturated rings. The van der Waals surface area contributed by atoms with Gasteiger partial charge in [-0.2, -0.15) is 0 Å². The van der Waals surface area contributed by atoms with E-state index in [1.807, 2.05) is 6.08 Å². The van der Waals surface area contributed by atoms with E-state index in [1.165, 1.54) is 289 Å². The monoisotopic (exact) mass is 1160 g/mol. The molecule has 0 bridgehead atoms. The lowest BCUT2D eigenvalue weighted by molar-refractivity contribution is -0.302. The molecule has 482 valence electrons. The van der Waals surface area contributed by atoms with Crippen molar-refractivity contribution in [1.82, 2.24) is 5.32 Å². The van der Waals surface area contributed by atoms with Crippen LogP contribution >= 0.6 is 0 Å². The van der Waals surface area contributed by atoms with Gasteiger partial charge < -0.3 is 40.3 Å². The fourth-order valence-corrected chi connectivity index (χ4v) is 11.5. The van der Waals surface area contributed by atoms with Gasteiger partial charge in [-0.1, -0.05) is 332 Å². The molecule has 7 unspecified atom stereocenters. The number of amides is 1. The summed E-state index contributed by atoms with van der Waals surface area (Å²) >= 11 is 0. The highest BCUT2D eigenvalue weighted by atomic mass is 16.7. The van der Waals surface area contributed by atoms with Crippen LogP contribution in [0.15, 0.2) is 48.6 Å². The minimum absolute atomic E-state index is 0.182. The van der Waals surface area contributed by atoms with Crippen molar-refractivity contribution in [2.75, 3.05) is 13.2 Å². The van der Waals surface area contributed by atoms with Crippen LogP contribution in [-0.4, -0.2) is 87.5 Å². The third-order valence-electron chi connectivity index (χ3n) is 17.1. The Labute approximate surface area is 507 Å². The number of aliphatic hydroxyl groups excluding tert-OH is 5. The Bertz CT molecular complexity index is 1430. The maximum absolute atomic E-state index is 13.1. The molecule has 1 amide bonds. The molecule has 0 radical (unpaired) electrons. The summed E-state index contributed by atoms with van der Waals surface area (Å²) in [4.78, 5) is 13.1.